The summed E-state index contributed by atoms with van der Waals surface area (Å²) in [6.45, 7) is 6.72. The van der Waals surface area contributed by atoms with Crippen molar-refractivity contribution in [3.8, 4) is 0 Å². The summed E-state index contributed by atoms with van der Waals surface area (Å²) in [5.74, 6) is 0.606. The highest BCUT2D eigenvalue weighted by Gasteiger charge is 2.20. The summed E-state index contributed by atoms with van der Waals surface area (Å²) in [6, 6.07) is 0. The van der Waals surface area contributed by atoms with E-state index in [1.165, 1.54) is 0 Å². The van der Waals surface area contributed by atoms with Gasteiger partial charge < -0.3 is 4.74 Å². The third kappa shape index (κ3) is 0.920. The van der Waals surface area contributed by atoms with Gasteiger partial charge in [-0.2, -0.15) is 0 Å². The maximum Gasteiger partial charge on any atom is 0.0610 e. The molecular weight excluding hydrogens is 100 g/mol. The predicted octanol–water partition coefficient (Wildman–Crippen LogP) is 1.60. The molecule has 1 aliphatic rings. The van der Waals surface area contributed by atoms with E-state index in [0.717, 1.165) is 13.0 Å². The molecular formula is C7H12O. The molecule has 0 aliphatic carbocycles. The summed E-state index contributed by atoms with van der Waals surface area (Å²) >= 11 is 0. The van der Waals surface area contributed by atoms with Gasteiger partial charge in [-0.3, -0.25) is 0 Å². The van der Waals surface area contributed by atoms with Gasteiger partial charge >= 0.3 is 0 Å². The fourth-order valence-electron chi connectivity index (χ4n) is 1.06. The molecule has 0 aromatic rings. The summed E-state index contributed by atoms with van der Waals surface area (Å²) in [4.78, 5) is 0. The monoisotopic (exact) mass is 112 g/mol. The maximum absolute atomic E-state index is 5.29. The Balaban J connectivity index is 2.41. The second kappa shape index (κ2) is 2.31. The Morgan fingerprint density at radius 1 is 1.75 bits per heavy atom. The van der Waals surface area contributed by atoms with Gasteiger partial charge in [0.25, 0.3) is 0 Å². The van der Waals surface area contributed by atoms with Gasteiger partial charge in [-0.15, -0.1) is 6.58 Å². The van der Waals surface area contributed by atoms with E-state index in [0.29, 0.717) is 12.0 Å². The molecule has 1 heteroatoms. The molecule has 1 aliphatic heterocycles. The van der Waals surface area contributed by atoms with Crippen molar-refractivity contribution < 1.29 is 4.74 Å². The Bertz CT molecular complexity index is 88.4. The fraction of sp³-hybridized carbons (Fsp3) is 0.714. The normalized spacial score (nSPS) is 37.6. The molecule has 0 N–H and O–H groups in total. The molecule has 0 spiro atoms. The third-order valence-corrected chi connectivity index (χ3v) is 1.74. The van der Waals surface area contributed by atoms with Gasteiger partial charge in [0.2, 0.25) is 0 Å². The zero-order valence-electron chi connectivity index (χ0n) is 5.26. The van der Waals surface area contributed by atoms with Crippen LogP contribution in [0.3, 0.4) is 0 Å². The van der Waals surface area contributed by atoms with Gasteiger partial charge in [0.15, 0.2) is 0 Å². The summed E-state index contributed by atoms with van der Waals surface area (Å²) in [5.41, 5.74) is 0. The van der Waals surface area contributed by atoms with Crippen molar-refractivity contribution in [2.45, 2.75) is 19.4 Å². The fourth-order valence-corrected chi connectivity index (χ4v) is 1.06. The molecule has 0 unspecified atom stereocenters. The predicted molar refractivity (Wildman–Crippen MR) is 33.7 cm³/mol. The Kier molecular flexibility index (Phi) is 1.69. The minimum atomic E-state index is 0.410. The number of rotatable bonds is 1. The second-order valence-corrected chi connectivity index (χ2v) is 2.26. The topological polar surface area (TPSA) is 9.23 Å². The molecule has 0 bridgehead atoms. The van der Waals surface area contributed by atoms with Crippen LogP contribution in [0.4, 0.5) is 0 Å². The van der Waals surface area contributed by atoms with Crippen molar-refractivity contribution >= 4 is 0 Å². The van der Waals surface area contributed by atoms with Gasteiger partial charge in [-0.25, -0.2) is 0 Å². The van der Waals surface area contributed by atoms with Crippen molar-refractivity contribution in [2.75, 3.05) is 6.61 Å². The van der Waals surface area contributed by atoms with Crippen molar-refractivity contribution in [2.24, 2.45) is 5.92 Å². The summed E-state index contributed by atoms with van der Waals surface area (Å²) in [7, 11) is 0. The highest BCUT2D eigenvalue weighted by molar-refractivity contribution is 4.86. The van der Waals surface area contributed by atoms with Crippen molar-refractivity contribution in [3.05, 3.63) is 12.7 Å². The van der Waals surface area contributed by atoms with E-state index in [1.54, 1.807) is 0 Å². The summed E-state index contributed by atoms with van der Waals surface area (Å²) in [5, 5.41) is 0. The van der Waals surface area contributed by atoms with Crippen LogP contribution >= 0.6 is 0 Å². The lowest BCUT2D eigenvalue weighted by Gasteiger charge is -2.06. The molecule has 0 aromatic heterocycles. The first-order valence-corrected chi connectivity index (χ1v) is 3.08. The largest absolute Gasteiger partial charge is 0.378 e. The quantitative estimate of drug-likeness (QED) is 0.468. The average molecular weight is 112 g/mol. The maximum atomic E-state index is 5.29. The molecule has 1 nitrogen and oxygen atoms in total. The molecule has 0 radical (unpaired) electrons. The first-order valence-electron chi connectivity index (χ1n) is 3.08. The van der Waals surface area contributed by atoms with E-state index in [4.69, 9.17) is 4.74 Å². The van der Waals surface area contributed by atoms with Crippen LogP contribution in [0.15, 0.2) is 12.7 Å². The molecule has 1 rings (SSSR count). The van der Waals surface area contributed by atoms with Gasteiger partial charge in [-0.05, 0) is 13.3 Å². The van der Waals surface area contributed by atoms with Crippen LogP contribution in [0.1, 0.15) is 13.3 Å². The van der Waals surface area contributed by atoms with Gasteiger partial charge in [0.05, 0.1) is 6.10 Å². The summed E-state index contributed by atoms with van der Waals surface area (Å²) < 4.78 is 5.29. The molecule has 8 heavy (non-hydrogen) atoms. The first-order chi connectivity index (χ1) is 3.84. The minimum absolute atomic E-state index is 0.410. The molecule has 0 aromatic carbocycles. The number of hydrogen-bond donors (Lipinski definition) is 0. The van der Waals surface area contributed by atoms with Crippen molar-refractivity contribution in [1.82, 2.24) is 0 Å². The summed E-state index contributed by atoms with van der Waals surface area (Å²) in [6.07, 6.45) is 3.55. The van der Waals surface area contributed by atoms with E-state index < -0.39 is 0 Å². The lowest BCUT2D eigenvalue weighted by Crippen LogP contribution is -2.07. The molecule has 0 saturated carbocycles. The lowest BCUT2D eigenvalue weighted by molar-refractivity contribution is 0.114. The van der Waals surface area contributed by atoms with Crippen LogP contribution in [0.25, 0.3) is 0 Å². The average Bonchev–Trinajstić information content (AvgIpc) is 2.14. The smallest absolute Gasteiger partial charge is 0.0610 e. The van der Waals surface area contributed by atoms with E-state index >= 15 is 0 Å². The minimum Gasteiger partial charge on any atom is -0.378 e. The third-order valence-electron chi connectivity index (χ3n) is 1.74. The van der Waals surface area contributed by atoms with Crippen LogP contribution in [-0.4, -0.2) is 12.7 Å². The Hall–Kier alpha value is -0.300. The van der Waals surface area contributed by atoms with Crippen molar-refractivity contribution in [1.29, 1.82) is 0 Å². The van der Waals surface area contributed by atoms with Crippen LogP contribution in [0, 0.1) is 5.92 Å². The van der Waals surface area contributed by atoms with Gasteiger partial charge in [-0.1, -0.05) is 6.08 Å². The number of ether oxygens (including phenoxy) is 1. The van der Waals surface area contributed by atoms with Gasteiger partial charge in [0.1, 0.15) is 0 Å². The van der Waals surface area contributed by atoms with Crippen LogP contribution in [0.5, 0.6) is 0 Å². The van der Waals surface area contributed by atoms with Gasteiger partial charge in [0, 0.05) is 12.5 Å². The van der Waals surface area contributed by atoms with E-state index in [2.05, 4.69) is 13.5 Å². The Morgan fingerprint density at radius 2 is 2.50 bits per heavy atom. The van der Waals surface area contributed by atoms with E-state index in [1.807, 2.05) is 6.08 Å². The zero-order chi connectivity index (χ0) is 5.98. The molecule has 1 saturated heterocycles. The first kappa shape index (κ1) is 5.83. The van der Waals surface area contributed by atoms with Crippen molar-refractivity contribution in [3.63, 3.8) is 0 Å². The molecule has 0 amide bonds. The Morgan fingerprint density at radius 3 is 2.75 bits per heavy atom. The number of hydrogen-bond acceptors (Lipinski definition) is 1. The molecule has 46 valence electrons. The van der Waals surface area contributed by atoms with E-state index in [-0.39, 0.29) is 0 Å². The SMILES string of the molecule is C=C[C@@H]1CCO[C@@H]1C. The highest BCUT2D eigenvalue weighted by Crippen LogP contribution is 2.20. The van der Waals surface area contributed by atoms with Crippen LogP contribution < -0.4 is 0 Å². The molecule has 2 atom stereocenters. The zero-order valence-corrected chi connectivity index (χ0v) is 5.26. The molecule has 1 fully saturated rings. The lowest BCUT2D eigenvalue weighted by atomic mass is 10.0. The second-order valence-electron chi connectivity index (χ2n) is 2.26. The van der Waals surface area contributed by atoms with E-state index in [9.17, 15) is 0 Å². The van der Waals surface area contributed by atoms with Crippen LogP contribution in [0.2, 0.25) is 0 Å². The standard InChI is InChI=1S/C7H12O/c1-3-7-4-5-8-6(7)2/h3,6-7H,1,4-5H2,2H3/t6-,7-/m1/s1. The van der Waals surface area contributed by atoms with Crippen LogP contribution in [-0.2, 0) is 4.74 Å². The Labute approximate surface area is 50.3 Å². The molecule has 1 heterocycles. The highest BCUT2D eigenvalue weighted by atomic mass is 16.5.